The predicted molar refractivity (Wildman–Crippen MR) is 84.0 cm³/mol. The van der Waals surface area contributed by atoms with Crippen molar-refractivity contribution in [3.63, 3.8) is 0 Å². The number of anilines is 1. The van der Waals surface area contributed by atoms with Gasteiger partial charge in [-0.15, -0.1) is 0 Å². The minimum atomic E-state index is -4.43. The summed E-state index contributed by atoms with van der Waals surface area (Å²) in [5, 5.41) is 11.5. The number of aliphatic hydroxyl groups excluding tert-OH is 1. The molecule has 0 saturated carbocycles. The Morgan fingerprint density at radius 1 is 1.54 bits per heavy atom. The first-order chi connectivity index (χ1) is 11.9. The van der Waals surface area contributed by atoms with Gasteiger partial charge in [-0.05, 0) is 0 Å². The second kappa shape index (κ2) is 7.73. The minimum absolute atomic E-state index is 0. The molecule has 0 aliphatic carbocycles. The molecule has 5 atom stereocenters. The van der Waals surface area contributed by atoms with Crippen LogP contribution in [0.2, 0.25) is 5.32 Å². The van der Waals surface area contributed by atoms with Gasteiger partial charge in [-0.3, -0.25) is 0 Å². The van der Waals surface area contributed by atoms with E-state index in [1.807, 2.05) is 6.92 Å². The van der Waals surface area contributed by atoms with E-state index in [1.165, 1.54) is 6.33 Å². The van der Waals surface area contributed by atoms with Crippen molar-refractivity contribution in [1.82, 2.24) is 19.5 Å². The summed E-state index contributed by atoms with van der Waals surface area (Å²) in [4.78, 5) is 24.1. The van der Waals surface area contributed by atoms with Gasteiger partial charge in [0.15, 0.2) is 0 Å². The van der Waals surface area contributed by atoms with Crippen LogP contribution in [0.3, 0.4) is 0 Å². The van der Waals surface area contributed by atoms with Crippen molar-refractivity contribution in [2.24, 2.45) is 0 Å². The molecule has 2 saturated heterocycles. The molecule has 4 heterocycles. The Labute approximate surface area is 176 Å². The van der Waals surface area contributed by atoms with Crippen LogP contribution in [0.15, 0.2) is 6.33 Å². The van der Waals surface area contributed by atoms with Crippen molar-refractivity contribution in [2.45, 2.75) is 36.8 Å². The van der Waals surface area contributed by atoms with Crippen LogP contribution in [0.1, 0.15) is 13.2 Å². The smallest absolute Gasteiger partial charge is 1.00 e. The van der Waals surface area contributed by atoms with Gasteiger partial charge < -0.3 is 0 Å². The zero-order chi connectivity index (χ0) is 17.8. The molecule has 0 radical (unpaired) electrons. The van der Waals surface area contributed by atoms with Crippen LogP contribution < -0.4 is 44.9 Å². The first kappa shape index (κ1) is 20.6. The average Bonchev–Trinajstić information content (AvgIpc) is 3.06. The Hall–Kier alpha value is -0.101. The van der Waals surface area contributed by atoms with E-state index < -0.39 is 32.4 Å². The van der Waals surface area contributed by atoms with Gasteiger partial charge in [0.2, 0.25) is 0 Å². The molecular formula is C12H15N5NaO6PSe. The van der Waals surface area contributed by atoms with Gasteiger partial charge in [0.1, 0.15) is 0 Å². The molecule has 2 aliphatic rings. The van der Waals surface area contributed by atoms with Gasteiger partial charge >= 0.3 is 177 Å². The van der Waals surface area contributed by atoms with Gasteiger partial charge in [-0.25, -0.2) is 0 Å². The van der Waals surface area contributed by atoms with E-state index in [0.717, 1.165) is 5.32 Å². The number of nitrogens with two attached hydrogens (primary N) is 1. The molecule has 136 valence electrons. The Morgan fingerprint density at radius 3 is 3.04 bits per heavy atom. The summed E-state index contributed by atoms with van der Waals surface area (Å²) in [6, 6.07) is 0. The summed E-state index contributed by atoms with van der Waals surface area (Å²) < 4.78 is 29.2. The molecule has 2 aliphatic heterocycles. The number of rotatable bonds is 3. The Morgan fingerprint density at radius 2 is 2.31 bits per heavy atom. The number of imidazole rings is 1. The average molecular weight is 458 g/mol. The fraction of sp³-hybridized carbons (Fsp3) is 0.583. The van der Waals surface area contributed by atoms with Crippen LogP contribution in [0.25, 0.3) is 11.2 Å². The number of phosphoric acid groups is 1. The molecule has 0 aromatic carbocycles. The third-order valence-electron chi connectivity index (χ3n) is 3.96. The monoisotopic (exact) mass is 459 g/mol. The van der Waals surface area contributed by atoms with Crippen LogP contribution in [0, 0.1) is 0 Å². The van der Waals surface area contributed by atoms with E-state index in [1.54, 1.807) is 4.57 Å². The van der Waals surface area contributed by atoms with E-state index in [9.17, 15) is 14.6 Å². The van der Waals surface area contributed by atoms with E-state index in [0.29, 0.717) is 15.9 Å². The standard InChI is InChI=1S/C12H16N5O6PSe.Na/c1-2-25-12-16-6-9(13)14-4-15-10(6)17(12)11-7(18)8-5(22-11)3-21-24(19,20)23-8;/h4-5,7-8,11,18H,2-3H2,1H3,(H,19,20)(H2,13,14,15);/q;+1/p-1/t5-,7-,8-,11-;/m1./s1. The maximum absolute atomic E-state index is 11.5. The fourth-order valence-corrected chi connectivity index (χ4v) is 5.42. The summed E-state index contributed by atoms with van der Waals surface area (Å²) in [5.74, 6) is 0.227. The normalized spacial score (nSPS) is 33.8. The number of aliphatic hydroxyl groups is 1. The van der Waals surface area contributed by atoms with Crippen LogP contribution >= 0.6 is 7.82 Å². The number of hydrogen-bond acceptors (Lipinski definition) is 10. The molecule has 1 unspecified atom stereocenters. The van der Waals surface area contributed by atoms with E-state index >= 15 is 0 Å². The molecule has 2 aromatic rings. The number of fused-ring (bicyclic) bond motifs is 2. The third-order valence-corrected chi connectivity index (χ3v) is 6.68. The molecule has 2 fully saturated rings. The largest absolute Gasteiger partial charge is 1.00 e. The summed E-state index contributed by atoms with van der Waals surface area (Å²) in [6.45, 7) is 1.80. The van der Waals surface area contributed by atoms with Crippen molar-refractivity contribution in [2.75, 3.05) is 12.3 Å². The van der Waals surface area contributed by atoms with Gasteiger partial charge in [0, 0.05) is 0 Å². The first-order valence-corrected chi connectivity index (χ1v) is 11.0. The number of nitrogens with zero attached hydrogens (tertiary/aromatic N) is 4. The molecule has 11 nitrogen and oxygen atoms in total. The van der Waals surface area contributed by atoms with Gasteiger partial charge in [-0.1, -0.05) is 0 Å². The molecular weight excluding hydrogens is 443 g/mol. The molecule has 0 spiro atoms. The number of ether oxygens (including phenoxy) is 1. The zero-order valence-corrected chi connectivity index (χ0v) is 18.6. The van der Waals surface area contributed by atoms with Crippen molar-refractivity contribution in [3.05, 3.63) is 6.33 Å². The molecule has 2 aromatic heterocycles. The first-order valence-electron chi connectivity index (χ1n) is 7.50. The number of aromatic nitrogens is 4. The van der Waals surface area contributed by atoms with Gasteiger partial charge in [0.05, 0.1) is 0 Å². The molecule has 26 heavy (non-hydrogen) atoms. The molecule has 3 N–H and O–H groups in total. The van der Waals surface area contributed by atoms with Crippen molar-refractivity contribution in [3.8, 4) is 0 Å². The zero-order valence-electron chi connectivity index (χ0n) is 14.0. The summed E-state index contributed by atoms with van der Waals surface area (Å²) in [6.07, 6.45) is -2.58. The van der Waals surface area contributed by atoms with E-state index in [-0.39, 0.29) is 56.9 Å². The predicted octanol–water partition coefficient (Wildman–Crippen LogP) is -4.68. The second-order valence-electron chi connectivity index (χ2n) is 5.50. The van der Waals surface area contributed by atoms with Crippen LogP contribution in [-0.2, 0) is 18.3 Å². The fourth-order valence-electron chi connectivity index (χ4n) is 2.91. The molecule has 14 heteroatoms. The van der Waals surface area contributed by atoms with Gasteiger partial charge in [0.25, 0.3) is 0 Å². The summed E-state index contributed by atoms with van der Waals surface area (Å²) in [5.41, 5.74) is 6.72. The molecule has 4 rings (SSSR count). The van der Waals surface area contributed by atoms with Crippen LogP contribution in [0.4, 0.5) is 5.82 Å². The van der Waals surface area contributed by atoms with Crippen LogP contribution in [0.5, 0.6) is 0 Å². The number of nitrogen functional groups attached to an aromatic ring is 1. The third kappa shape index (κ3) is 3.49. The minimum Gasteiger partial charge on any atom is 1.00 e. The molecule has 0 bridgehead atoms. The topological polar surface area (TPSA) is 158 Å². The summed E-state index contributed by atoms with van der Waals surface area (Å²) in [7, 11) is -4.43. The number of phosphoric ester groups is 1. The van der Waals surface area contributed by atoms with Crippen LogP contribution in [-0.4, -0.2) is 64.5 Å². The van der Waals surface area contributed by atoms with Gasteiger partial charge in [-0.2, -0.15) is 0 Å². The van der Waals surface area contributed by atoms with E-state index in [2.05, 4.69) is 19.5 Å². The van der Waals surface area contributed by atoms with Crippen molar-refractivity contribution in [1.29, 1.82) is 0 Å². The van der Waals surface area contributed by atoms with Crippen molar-refractivity contribution < 1.29 is 57.9 Å². The number of hydrogen-bond donors (Lipinski definition) is 2. The Balaban J connectivity index is 0.00000196. The molecule has 0 amide bonds. The second-order valence-corrected chi connectivity index (χ2v) is 9.44. The Kier molecular flexibility index (Phi) is 6.13. The SMILES string of the molecule is CC[Se]c1nc2c(N)ncnc2n1[C@@H]1O[C@@H]2COP(=O)([O-])O[C@H]2[C@H]1O.[Na+]. The Bertz CT molecular complexity index is 870. The summed E-state index contributed by atoms with van der Waals surface area (Å²) >= 11 is -0.0187. The maximum Gasteiger partial charge on any atom is 1.00 e. The maximum atomic E-state index is 11.5. The van der Waals surface area contributed by atoms with E-state index in [4.69, 9.17) is 15.0 Å². The van der Waals surface area contributed by atoms with Crippen molar-refractivity contribution >= 4 is 44.5 Å². The quantitative estimate of drug-likeness (QED) is 0.338.